The normalized spacial score (nSPS) is 18.6. The second-order valence-corrected chi connectivity index (χ2v) is 9.86. The Morgan fingerprint density at radius 3 is 2.88 bits per heavy atom. The fraction of sp³-hybridized carbons (Fsp3) is 0.389. The van der Waals surface area contributed by atoms with Gasteiger partial charge in [0.25, 0.3) is 5.91 Å². The molecule has 1 N–H and O–H groups in total. The van der Waals surface area contributed by atoms with Gasteiger partial charge in [-0.25, -0.2) is 8.42 Å². The monoisotopic (exact) mass is 412 g/mol. The minimum absolute atomic E-state index is 0.00274. The molecule has 140 valence electrons. The van der Waals surface area contributed by atoms with Gasteiger partial charge in [0.05, 0.1) is 11.6 Å². The van der Waals surface area contributed by atoms with Gasteiger partial charge in [-0.3, -0.25) is 4.79 Å². The summed E-state index contributed by atoms with van der Waals surface area (Å²) in [4.78, 5) is 13.4. The fourth-order valence-electron chi connectivity index (χ4n) is 3.03. The molecule has 1 aromatic carbocycles. The number of hydrogen-bond donors (Lipinski definition) is 1. The fourth-order valence-corrected chi connectivity index (χ4v) is 5.77. The SMILES string of the molecule is CC1CCCN(S(=O)(=O)c2cc(C(=O)NCc3cccs3)ccc2Cl)C1. The van der Waals surface area contributed by atoms with E-state index in [1.54, 1.807) is 17.4 Å². The molecule has 5 nitrogen and oxygen atoms in total. The largest absolute Gasteiger partial charge is 0.347 e. The summed E-state index contributed by atoms with van der Waals surface area (Å²) >= 11 is 7.71. The van der Waals surface area contributed by atoms with Gasteiger partial charge in [-0.05, 0) is 48.4 Å². The highest BCUT2D eigenvalue weighted by Gasteiger charge is 2.30. The number of nitrogens with one attached hydrogen (secondary N) is 1. The highest BCUT2D eigenvalue weighted by molar-refractivity contribution is 7.89. The molecule has 1 aliphatic heterocycles. The summed E-state index contributed by atoms with van der Waals surface area (Å²) in [6, 6.07) is 8.24. The van der Waals surface area contributed by atoms with Crippen LogP contribution < -0.4 is 5.32 Å². The van der Waals surface area contributed by atoms with Crippen LogP contribution in [0.25, 0.3) is 0 Å². The van der Waals surface area contributed by atoms with Crippen molar-refractivity contribution in [1.82, 2.24) is 9.62 Å². The molecule has 1 aromatic heterocycles. The molecule has 0 bridgehead atoms. The number of sulfonamides is 1. The summed E-state index contributed by atoms with van der Waals surface area (Å²) in [5.74, 6) is -0.00638. The highest BCUT2D eigenvalue weighted by Crippen LogP contribution is 2.29. The van der Waals surface area contributed by atoms with Crippen molar-refractivity contribution >= 4 is 38.9 Å². The summed E-state index contributed by atoms with van der Waals surface area (Å²) in [6.07, 6.45) is 1.85. The van der Waals surface area contributed by atoms with Gasteiger partial charge in [0.2, 0.25) is 10.0 Å². The van der Waals surface area contributed by atoms with Gasteiger partial charge in [0.15, 0.2) is 0 Å². The lowest BCUT2D eigenvalue weighted by atomic mass is 10.0. The van der Waals surface area contributed by atoms with Crippen LogP contribution in [0.3, 0.4) is 0 Å². The van der Waals surface area contributed by atoms with E-state index < -0.39 is 10.0 Å². The Morgan fingerprint density at radius 1 is 1.38 bits per heavy atom. The quantitative estimate of drug-likeness (QED) is 0.813. The van der Waals surface area contributed by atoms with Crippen LogP contribution in [0.1, 0.15) is 35.0 Å². The molecule has 3 rings (SSSR count). The number of piperidine rings is 1. The predicted molar refractivity (Wildman–Crippen MR) is 104 cm³/mol. The van der Waals surface area contributed by atoms with Crippen LogP contribution in [0, 0.1) is 5.92 Å². The first-order valence-corrected chi connectivity index (χ1v) is 11.2. The summed E-state index contributed by atoms with van der Waals surface area (Å²) in [5, 5.41) is 4.88. The third kappa shape index (κ3) is 4.28. The van der Waals surface area contributed by atoms with E-state index in [0.717, 1.165) is 17.7 Å². The third-order valence-corrected chi connectivity index (χ3v) is 7.66. The minimum Gasteiger partial charge on any atom is -0.347 e. The number of amides is 1. The zero-order valence-electron chi connectivity index (χ0n) is 14.4. The molecule has 1 saturated heterocycles. The van der Waals surface area contributed by atoms with Crippen molar-refractivity contribution in [1.29, 1.82) is 0 Å². The van der Waals surface area contributed by atoms with Crippen molar-refractivity contribution in [2.45, 2.75) is 31.2 Å². The molecule has 2 aromatic rings. The lowest BCUT2D eigenvalue weighted by Gasteiger charge is -2.30. The van der Waals surface area contributed by atoms with E-state index in [4.69, 9.17) is 11.6 Å². The molecule has 1 unspecified atom stereocenters. The maximum atomic E-state index is 13.0. The van der Waals surface area contributed by atoms with Crippen molar-refractivity contribution in [3.8, 4) is 0 Å². The lowest BCUT2D eigenvalue weighted by Crippen LogP contribution is -2.39. The van der Waals surface area contributed by atoms with Gasteiger partial charge in [0, 0.05) is 23.5 Å². The molecule has 1 aliphatic rings. The van der Waals surface area contributed by atoms with E-state index in [0.29, 0.717) is 25.6 Å². The first kappa shape index (κ1) is 19.4. The first-order chi connectivity index (χ1) is 12.4. The zero-order valence-corrected chi connectivity index (χ0v) is 16.8. The van der Waals surface area contributed by atoms with Crippen LogP contribution in [0.2, 0.25) is 5.02 Å². The van der Waals surface area contributed by atoms with E-state index in [-0.39, 0.29) is 21.4 Å². The van der Waals surface area contributed by atoms with Crippen LogP contribution in [0.4, 0.5) is 0 Å². The number of thiophene rings is 1. The Kier molecular flexibility index (Phi) is 6.02. The van der Waals surface area contributed by atoms with E-state index in [1.165, 1.54) is 16.4 Å². The zero-order chi connectivity index (χ0) is 18.7. The number of carbonyl (C=O) groups excluding carboxylic acids is 1. The van der Waals surface area contributed by atoms with Gasteiger partial charge in [-0.2, -0.15) is 4.31 Å². The minimum atomic E-state index is -3.72. The Morgan fingerprint density at radius 2 is 2.19 bits per heavy atom. The number of hydrogen-bond acceptors (Lipinski definition) is 4. The standard InChI is InChI=1S/C18H21ClN2O3S2/c1-13-4-2-8-21(12-13)26(23,24)17-10-14(6-7-16(17)19)18(22)20-11-15-5-3-9-25-15/h3,5-7,9-10,13H,2,4,8,11-12H2,1H3,(H,20,22). The lowest BCUT2D eigenvalue weighted by molar-refractivity contribution is 0.0951. The van der Waals surface area contributed by atoms with Crippen LogP contribution in [0.5, 0.6) is 0 Å². The summed E-state index contributed by atoms with van der Waals surface area (Å²) in [6.45, 7) is 3.41. The molecular formula is C18H21ClN2O3S2. The van der Waals surface area contributed by atoms with Crippen LogP contribution in [0.15, 0.2) is 40.6 Å². The van der Waals surface area contributed by atoms with E-state index in [1.807, 2.05) is 24.4 Å². The molecule has 0 spiro atoms. The van der Waals surface area contributed by atoms with Crippen molar-refractivity contribution < 1.29 is 13.2 Å². The third-order valence-electron chi connectivity index (χ3n) is 4.43. The predicted octanol–water partition coefficient (Wildman–Crippen LogP) is 3.75. The number of carbonyl (C=O) groups is 1. The van der Waals surface area contributed by atoms with Gasteiger partial charge in [-0.1, -0.05) is 24.6 Å². The van der Waals surface area contributed by atoms with Crippen molar-refractivity contribution in [3.63, 3.8) is 0 Å². The molecule has 0 saturated carbocycles. The van der Waals surface area contributed by atoms with Crippen LogP contribution >= 0.6 is 22.9 Å². The number of halogens is 1. The maximum absolute atomic E-state index is 13.0. The van der Waals surface area contributed by atoms with E-state index in [2.05, 4.69) is 5.32 Å². The molecule has 0 radical (unpaired) electrons. The Hall–Kier alpha value is -1.41. The average Bonchev–Trinajstić information content (AvgIpc) is 3.13. The van der Waals surface area contributed by atoms with Gasteiger partial charge in [-0.15, -0.1) is 11.3 Å². The van der Waals surface area contributed by atoms with Crippen LogP contribution in [-0.4, -0.2) is 31.7 Å². The number of benzene rings is 1. The Bertz CT molecular complexity index is 882. The molecule has 26 heavy (non-hydrogen) atoms. The molecule has 1 atom stereocenters. The molecule has 1 amide bonds. The van der Waals surface area contributed by atoms with Crippen molar-refractivity contribution in [2.24, 2.45) is 5.92 Å². The highest BCUT2D eigenvalue weighted by atomic mass is 35.5. The summed E-state index contributed by atoms with van der Waals surface area (Å²) in [5.41, 5.74) is 0.287. The van der Waals surface area contributed by atoms with Gasteiger partial charge >= 0.3 is 0 Å². The molecule has 0 aliphatic carbocycles. The Balaban J connectivity index is 1.81. The van der Waals surface area contributed by atoms with Crippen molar-refractivity contribution in [3.05, 3.63) is 51.2 Å². The van der Waals surface area contributed by atoms with Crippen LogP contribution in [-0.2, 0) is 16.6 Å². The second kappa shape index (κ2) is 8.08. The first-order valence-electron chi connectivity index (χ1n) is 8.48. The number of rotatable bonds is 5. The summed E-state index contributed by atoms with van der Waals surface area (Å²) in [7, 11) is -3.72. The maximum Gasteiger partial charge on any atom is 0.251 e. The van der Waals surface area contributed by atoms with Gasteiger partial charge < -0.3 is 5.32 Å². The summed E-state index contributed by atoms with van der Waals surface area (Å²) < 4.78 is 27.4. The molecule has 2 heterocycles. The number of nitrogens with zero attached hydrogens (tertiary/aromatic N) is 1. The smallest absolute Gasteiger partial charge is 0.251 e. The molecular weight excluding hydrogens is 392 g/mol. The molecule has 8 heteroatoms. The van der Waals surface area contributed by atoms with E-state index in [9.17, 15) is 13.2 Å². The van der Waals surface area contributed by atoms with Crippen molar-refractivity contribution in [2.75, 3.05) is 13.1 Å². The average molecular weight is 413 g/mol. The second-order valence-electron chi connectivity index (χ2n) is 6.52. The Labute approximate surface area is 163 Å². The van der Waals surface area contributed by atoms with Gasteiger partial charge in [0.1, 0.15) is 4.90 Å². The van der Waals surface area contributed by atoms with E-state index >= 15 is 0 Å². The topological polar surface area (TPSA) is 66.5 Å². The molecule has 1 fully saturated rings.